The maximum atomic E-state index is 12.3. The predicted molar refractivity (Wildman–Crippen MR) is 97.0 cm³/mol. The molecule has 1 fully saturated rings. The van der Waals surface area contributed by atoms with Gasteiger partial charge in [-0.2, -0.15) is 0 Å². The molecule has 0 aromatic heterocycles. The number of ether oxygens (including phenoxy) is 2. The molecule has 1 N–H and O–H groups in total. The third-order valence-corrected chi connectivity index (χ3v) is 4.96. The van der Waals surface area contributed by atoms with Gasteiger partial charge in [-0.3, -0.25) is 14.4 Å². The van der Waals surface area contributed by atoms with Gasteiger partial charge in [0.1, 0.15) is 5.75 Å². The Bertz CT molecular complexity index is 643. The molecule has 2 rings (SSSR count). The average Bonchev–Trinajstić information content (AvgIpc) is 2.69. The lowest BCUT2D eigenvalue weighted by molar-refractivity contribution is -0.148. The van der Waals surface area contributed by atoms with Crippen LogP contribution < -0.4 is 10.1 Å². The number of para-hydroxylation sites is 1. The lowest BCUT2D eigenvalue weighted by atomic mass is 9.79. The molecule has 1 aromatic carbocycles. The molecular weight excluding hydrogens is 334 g/mol. The summed E-state index contributed by atoms with van der Waals surface area (Å²) in [7, 11) is 2.91. The summed E-state index contributed by atoms with van der Waals surface area (Å²) in [6.45, 7) is 0.446. The van der Waals surface area contributed by atoms with Gasteiger partial charge in [-0.15, -0.1) is 0 Å². The van der Waals surface area contributed by atoms with Gasteiger partial charge in [-0.1, -0.05) is 25.0 Å². The Morgan fingerprint density at radius 3 is 2.54 bits per heavy atom. The summed E-state index contributed by atoms with van der Waals surface area (Å²) in [4.78, 5) is 36.3. The van der Waals surface area contributed by atoms with Crippen molar-refractivity contribution in [2.24, 2.45) is 11.8 Å². The number of methoxy groups -OCH3 is 2. The first-order chi connectivity index (χ1) is 12.6. The maximum absolute atomic E-state index is 12.3. The van der Waals surface area contributed by atoms with Crippen LogP contribution in [0.4, 0.5) is 0 Å². The Labute approximate surface area is 154 Å². The van der Waals surface area contributed by atoms with Crippen LogP contribution in [0, 0.1) is 11.8 Å². The van der Waals surface area contributed by atoms with Gasteiger partial charge in [-0.25, -0.2) is 0 Å². The Kier molecular flexibility index (Phi) is 7.63. The first-order valence-electron chi connectivity index (χ1n) is 9.07. The Balaban J connectivity index is 1.81. The zero-order valence-corrected chi connectivity index (χ0v) is 15.5. The van der Waals surface area contributed by atoms with Gasteiger partial charge in [0.25, 0.3) is 0 Å². The molecule has 2 unspecified atom stereocenters. The number of rotatable bonds is 8. The van der Waals surface area contributed by atoms with Crippen LogP contribution in [0.2, 0.25) is 0 Å². The third kappa shape index (κ3) is 5.31. The van der Waals surface area contributed by atoms with Crippen LogP contribution in [0.25, 0.3) is 0 Å². The number of hydrogen-bond donors (Lipinski definition) is 1. The summed E-state index contributed by atoms with van der Waals surface area (Å²) in [5, 5.41) is 2.87. The van der Waals surface area contributed by atoms with Crippen molar-refractivity contribution in [2.75, 3.05) is 20.8 Å². The van der Waals surface area contributed by atoms with E-state index in [2.05, 4.69) is 5.32 Å². The molecule has 1 aliphatic carbocycles. The molecular formula is C20H27NO5. The lowest BCUT2D eigenvalue weighted by Gasteiger charge is -2.29. The SMILES string of the molecule is COC(=O)C1CCCCC1CNC(=O)CCC(=O)c1ccccc1OC. The number of carbonyl (C=O) groups is 3. The van der Waals surface area contributed by atoms with E-state index >= 15 is 0 Å². The van der Waals surface area contributed by atoms with Crippen molar-refractivity contribution < 1.29 is 23.9 Å². The summed E-state index contributed by atoms with van der Waals surface area (Å²) >= 11 is 0. The molecule has 2 atom stereocenters. The highest BCUT2D eigenvalue weighted by atomic mass is 16.5. The molecule has 6 heteroatoms. The highest BCUT2D eigenvalue weighted by Gasteiger charge is 2.31. The van der Waals surface area contributed by atoms with Crippen LogP contribution in [0.1, 0.15) is 48.9 Å². The third-order valence-electron chi connectivity index (χ3n) is 4.96. The summed E-state index contributed by atoms with van der Waals surface area (Å²) in [5.74, 6) is -0.0317. The van der Waals surface area contributed by atoms with Crippen LogP contribution in [0.5, 0.6) is 5.75 Å². The van der Waals surface area contributed by atoms with E-state index in [0.29, 0.717) is 17.9 Å². The Morgan fingerprint density at radius 2 is 1.81 bits per heavy atom. The minimum Gasteiger partial charge on any atom is -0.496 e. The second-order valence-corrected chi connectivity index (χ2v) is 6.60. The van der Waals surface area contributed by atoms with Gasteiger partial charge in [0.15, 0.2) is 5.78 Å². The average molecular weight is 361 g/mol. The van der Waals surface area contributed by atoms with E-state index in [1.54, 1.807) is 24.3 Å². The molecule has 0 spiro atoms. The van der Waals surface area contributed by atoms with Crippen molar-refractivity contribution in [1.82, 2.24) is 5.32 Å². The highest BCUT2D eigenvalue weighted by Crippen LogP contribution is 2.30. The molecule has 0 heterocycles. The Morgan fingerprint density at radius 1 is 1.08 bits per heavy atom. The number of carbonyl (C=O) groups excluding carboxylic acids is 3. The molecule has 1 aliphatic rings. The second-order valence-electron chi connectivity index (χ2n) is 6.60. The molecule has 1 aromatic rings. The molecule has 142 valence electrons. The van der Waals surface area contributed by atoms with Gasteiger partial charge in [0, 0.05) is 19.4 Å². The monoisotopic (exact) mass is 361 g/mol. The van der Waals surface area contributed by atoms with Crippen LogP contribution in [-0.4, -0.2) is 38.4 Å². The van der Waals surface area contributed by atoms with Gasteiger partial charge in [-0.05, 0) is 30.9 Å². The van der Waals surface area contributed by atoms with Gasteiger partial charge in [0.2, 0.25) is 5.91 Å². The van der Waals surface area contributed by atoms with Crippen LogP contribution in [0.15, 0.2) is 24.3 Å². The van der Waals surface area contributed by atoms with Crippen LogP contribution in [0.3, 0.4) is 0 Å². The van der Waals surface area contributed by atoms with E-state index in [-0.39, 0.29) is 42.3 Å². The van der Waals surface area contributed by atoms with Crippen LogP contribution in [-0.2, 0) is 14.3 Å². The molecule has 0 bridgehead atoms. The van der Waals surface area contributed by atoms with E-state index in [4.69, 9.17) is 9.47 Å². The number of Topliss-reactive ketones (excluding diaryl/α,β-unsaturated/α-hetero) is 1. The van der Waals surface area contributed by atoms with Crippen molar-refractivity contribution in [1.29, 1.82) is 0 Å². The number of esters is 1. The fourth-order valence-corrected chi connectivity index (χ4v) is 3.48. The molecule has 0 saturated heterocycles. The minimum atomic E-state index is -0.199. The summed E-state index contributed by atoms with van der Waals surface area (Å²) in [6, 6.07) is 6.99. The number of amides is 1. The van der Waals surface area contributed by atoms with Gasteiger partial charge < -0.3 is 14.8 Å². The molecule has 0 aliphatic heterocycles. The number of ketones is 1. The molecule has 6 nitrogen and oxygen atoms in total. The van der Waals surface area contributed by atoms with Crippen molar-refractivity contribution in [3.8, 4) is 5.75 Å². The zero-order valence-electron chi connectivity index (χ0n) is 15.5. The lowest BCUT2D eigenvalue weighted by Crippen LogP contribution is -2.37. The van der Waals surface area contributed by atoms with Crippen molar-refractivity contribution in [2.45, 2.75) is 38.5 Å². The predicted octanol–water partition coefficient (Wildman–Crippen LogP) is 2.75. The van der Waals surface area contributed by atoms with E-state index in [1.165, 1.54) is 14.2 Å². The number of nitrogens with one attached hydrogen (secondary N) is 1. The standard InChI is InChI=1S/C20H27NO5/c1-25-18-10-6-5-9-16(18)17(22)11-12-19(23)21-13-14-7-3-4-8-15(14)20(24)26-2/h5-6,9-10,14-15H,3-4,7-8,11-13H2,1-2H3,(H,21,23). The fraction of sp³-hybridized carbons (Fsp3) is 0.550. The summed E-state index contributed by atoms with van der Waals surface area (Å²) in [5.41, 5.74) is 0.487. The zero-order chi connectivity index (χ0) is 18.9. The number of benzene rings is 1. The fourth-order valence-electron chi connectivity index (χ4n) is 3.48. The quantitative estimate of drug-likeness (QED) is 0.569. The first-order valence-corrected chi connectivity index (χ1v) is 9.07. The van der Waals surface area contributed by atoms with E-state index in [9.17, 15) is 14.4 Å². The highest BCUT2D eigenvalue weighted by molar-refractivity contribution is 6.00. The minimum absolute atomic E-state index is 0.102. The Hall–Kier alpha value is -2.37. The van der Waals surface area contributed by atoms with Gasteiger partial charge >= 0.3 is 5.97 Å². The van der Waals surface area contributed by atoms with Crippen LogP contribution >= 0.6 is 0 Å². The molecule has 1 amide bonds. The van der Waals surface area contributed by atoms with Crippen molar-refractivity contribution >= 4 is 17.7 Å². The van der Waals surface area contributed by atoms with Gasteiger partial charge in [0.05, 0.1) is 25.7 Å². The van der Waals surface area contributed by atoms with Crippen molar-refractivity contribution in [3.63, 3.8) is 0 Å². The van der Waals surface area contributed by atoms with Crippen molar-refractivity contribution in [3.05, 3.63) is 29.8 Å². The molecule has 0 radical (unpaired) electrons. The normalized spacial score (nSPS) is 19.5. The number of hydrogen-bond acceptors (Lipinski definition) is 5. The summed E-state index contributed by atoms with van der Waals surface area (Å²) < 4.78 is 10.0. The van der Waals surface area contributed by atoms with E-state index < -0.39 is 0 Å². The molecule has 26 heavy (non-hydrogen) atoms. The summed E-state index contributed by atoms with van der Waals surface area (Å²) in [6.07, 6.45) is 4.02. The smallest absolute Gasteiger partial charge is 0.309 e. The molecule has 1 saturated carbocycles. The maximum Gasteiger partial charge on any atom is 0.309 e. The second kappa shape index (κ2) is 9.94. The first kappa shape index (κ1) is 19.9. The topological polar surface area (TPSA) is 81.7 Å². The largest absolute Gasteiger partial charge is 0.496 e. The van der Waals surface area contributed by atoms with E-state index in [1.807, 2.05) is 0 Å². The van der Waals surface area contributed by atoms with E-state index in [0.717, 1.165) is 25.7 Å².